The van der Waals surface area contributed by atoms with E-state index < -0.39 is 6.16 Å². The second kappa shape index (κ2) is 4.78. The van der Waals surface area contributed by atoms with Crippen LogP contribution < -0.4 is 0 Å². The van der Waals surface area contributed by atoms with Gasteiger partial charge in [0.2, 0.25) is 0 Å². The Kier molecular flexibility index (Phi) is 7.36. The normalized spacial score (nSPS) is 5.50. The Bertz CT molecular complexity index is 44.1. The summed E-state index contributed by atoms with van der Waals surface area (Å²) in [6.45, 7) is 0. The number of ether oxygens (including phenoxy) is 1. The van der Waals surface area contributed by atoms with Gasteiger partial charge in [-0.15, -0.1) is 0 Å². The maximum Gasteiger partial charge on any atom is 0.505 e. The zero-order valence-corrected chi connectivity index (χ0v) is 4.14. The Labute approximate surface area is 45.5 Å². The Morgan fingerprint density at radius 2 is 2.00 bits per heavy atom. The van der Waals surface area contributed by atoms with Crippen molar-refractivity contribution in [2.45, 2.75) is 0 Å². The van der Waals surface area contributed by atoms with E-state index in [0.717, 1.165) is 7.11 Å². The third-order valence-corrected chi connectivity index (χ3v) is 0.175. The summed E-state index contributed by atoms with van der Waals surface area (Å²) in [5.41, 5.74) is 0. The van der Waals surface area contributed by atoms with Crippen LogP contribution in [0.3, 0.4) is 0 Å². The van der Waals surface area contributed by atoms with Crippen molar-refractivity contribution in [3.8, 4) is 0 Å². The first-order chi connectivity index (χ1) is 2.27. The van der Waals surface area contributed by atoms with Gasteiger partial charge in [0, 0.05) is 16.8 Å². The van der Waals surface area contributed by atoms with Crippen molar-refractivity contribution in [2.24, 2.45) is 0 Å². The van der Waals surface area contributed by atoms with E-state index in [1.54, 1.807) is 0 Å². The van der Waals surface area contributed by atoms with Gasteiger partial charge in [0.05, 0.1) is 7.11 Å². The van der Waals surface area contributed by atoms with E-state index in [1.807, 2.05) is 0 Å². The van der Waals surface area contributed by atoms with Crippen LogP contribution in [0.5, 0.6) is 0 Å². The van der Waals surface area contributed by atoms with Crippen LogP contribution in [-0.2, 0) is 21.5 Å². The van der Waals surface area contributed by atoms with Crippen molar-refractivity contribution in [3.63, 3.8) is 0 Å². The fourth-order valence-electron chi connectivity index (χ4n) is 0. The zero-order chi connectivity index (χ0) is 4.28. The first-order valence-corrected chi connectivity index (χ1v) is 1.04. The SMILES string of the molecule is COC(=O)O.[Co]. The topological polar surface area (TPSA) is 46.5 Å². The summed E-state index contributed by atoms with van der Waals surface area (Å²) in [5.74, 6) is 0. The molecule has 0 spiro atoms. The first-order valence-electron chi connectivity index (χ1n) is 1.04. The molecule has 3 nitrogen and oxygen atoms in total. The van der Waals surface area contributed by atoms with Crippen molar-refractivity contribution in [1.82, 2.24) is 0 Å². The number of hydrogen-bond donors (Lipinski definition) is 1. The fourth-order valence-corrected chi connectivity index (χ4v) is 0. The molecule has 0 heterocycles. The quantitative estimate of drug-likeness (QED) is 0.486. The van der Waals surface area contributed by atoms with E-state index >= 15 is 0 Å². The number of rotatable bonds is 0. The standard InChI is InChI=1S/C2H4O3.Co/c1-5-2(3)4;/h1H3,(H,3,4);. The van der Waals surface area contributed by atoms with Gasteiger partial charge in [-0.2, -0.15) is 0 Å². The second-order valence-electron chi connectivity index (χ2n) is 0.470. The van der Waals surface area contributed by atoms with Gasteiger partial charge in [0.1, 0.15) is 0 Å². The van der Waals surface area contributed by atoms with Gasteiger partial charge in [-0.05, 0) is 0 Å². The largest absolute Gasteiger partial charge is 0.505 e. The average molecular weight is 135 g/mol. The number of carboxylic acid groups (broad SMARTS) is 1. The number of carbonyl (C=O) groups is 1. The van der Waals surface area contributed by atoms with Crippen LogP contribution in [0.2, 0.25) is 0 Å². The molecule has 0 amide bonds. The van der Waals surface area contributed by atoms with Gasteiger partial charge in [-0.1, -0.05) is 0 Å². The molecule has 0 bridgehead atoms. The van der Waals surface area contributed by atoms with Gasteiger partial charge in [0.25, 0.3) is 0 Å². The molecule has 0 aliphatic rings. The zero-order valence-electron chi connectivity index (χ0n) is 3.10. The van der Waals surface area contributed by atoms with Crippen LogP contribution in [0.25, 0.3) is 0 Å². The molecule has 1 radical (unpaired) electrons. The third-order valence-electron chi connectivity index (χ3n) is 0.175. The molecule has 0 aliphatic heterocycles. The van der Waals surface area contributed by atoms with Crippen LogP contribution in [-0.4, -0.2) is 18.4 Å². The maximum absolute atomic E-state index is 9.15. The Morgan fingerprint density at radius 1 is 1.83 bits per heavy atom. The van der Waals surface area contributed by atoms with Gasteiger partial charge in [-0.25, -0.2) is 4.79 Å². The van der Waals surface area contributed by atoms with Crippen LogP contribution in [0, 0.1) is 0 Å². The fraction of sp³-hybridized carbons (Fsp3) is 0.500. The predicted molar refractivity (Wildman–Crippen MR) is 15.0 cm³/mol. The molecule has 0 aliphatic carbocycles. The third kappa shape index (κ3) is 9.22. The van der Waals surface area contributed by atoms with Gasteiger partial charge in [-0.3, -0.25) is 0 Å². The minimum Gasteiger partial charge on any atom is -0.450 e. The summed E-state index contributed by atoms with van der Waals surface area (Å²) in [5, 5.41) is 7.50. The Balaban J connectivity index is 0. The van der Waals surface area contributed by atoms with Crippen molar-refractivity contribution in [1.29, 1.82) is 0 Å². The van der Waals surface area contributed by atoms with Gasteiger partial charge >= 0.3 is 6.16 Å². The summed E-state index contributed by atoms with van der Waals surface area (Å²) in [4.78, 5) is 9.15. The first kappa shape index (κ1) is 9.24. The molecular weight excluding hydrogens is 131 g/mol. The molecule has 0 aromatic heterocycles. The van der Waals surface area contributed by atoms with Gasteiger partial charge < -0.3 is 9.84 Å². The van der Waals surface area contributed by atoms with Crippen LogP contribution >= 0.6 is 0 Å². The summed E-state index contributed by atoms with van der Waals surface area (Å²) < 4.78 is 3.67. The molecule has 0 atom stereocenters. The molecule has 0 saturated heterocycles. The van der Waals surface area contributed by atoms with Crippen molar-refractivity contribution in [3.05, 3.63) is 0 Å². The molecule has 0 unspecified atom stereocenters. The summed E-state index contributed by atoms with van der Waals surface area (Å²) in [6, 6.07) is 0. The van der Waals surface area contributed by atoms with Crippen molar-refractivity contribution >= 4 is 6.16 Å². The van der Waals surface area contributed by atoms with Gasteiger partial charge in [0.15, 0.2) is 0 Å². The monoisotopic (exact) mass is 135 g/mol. The van der Waals surface area contributed by atoms with Crippen LogP contribution in [0.4, 0.5) is 4.79 Å². The van der Waals surface area contributed by atoms with E-state index in [-0.39, 0.29) is 16.8 Å². The van der Waals surface area contributed by atoms with E-state index in [1.165, 1.54) is 0 Å². The van der Waals surface area contributed by atoms with Crippen molar-refractivity contribution < 1.29 is 31.4 Å². The average Bonchev–Trinajstić information content (AvgIpc) is 1.38. The summed E-state index contributed by atoms with van der Waals surface area (Å²) in [7, 11) is 1.10. The number of hydrogen-bond acceptors (Lipinski definition) is 2. The molecule has 0 saturated carbocycles. The van der Waals surface area contributed by atoms with E-state index in [4.69, 9.17) is 9.90 Å². The maximum atomic E-state index is 9.15. The van der Waals surface area contributed by atoms with E-state index in [9.17, 15) is 0 Å². The predicted octanol–water partition coefficient (Wildman–Crippen LogP) is 0.308. The van der Waals surface area contributed by atoms with Crippen LogP contribution in [0.15, 0.2) is 0 Å². The Hall–Kier alpha value is -0.224. The molecule has 0 rings (SSSR count). The van der Waals surface area contributed by atoms with E-state index in [0.29, 0.717) is 0 Å². The molecule has 1 N–H and O–H groups in total. The molecule has 0 fully saturated rings. The molecule has 0 aromatic carbocycles. The second-order valence-corrected chi connectivity index (χ2v) is 0.470. The summed E-state index contributed by atoms with van der Waals surface area (Å²) in [6.07, 6.45) is -1.25. The van der Waals surface area contributed by atoms with E-state index in [2.05, 4.69) is 4.74 Å². The Morgan fingerprint density at radius 3 is 2.00 bits per heavy atom. The van der Waals surface area contributed by atoms with Crippen LogP contribution in [0.1, 0.15) is 0 Å². The molecule has 0 aromatic rings. The molecular formula is C2H4CoO3. The summed E-state index contributed by atoms with van der Waals surface area (Å²) >= 11 is 0. The minimum atomic E-state index is -1.25. The molecule has 4 heteroatoms. The number of methoxy groups -OCH3 is 1. The minimum absolute atomic E-state index is 0. The smallest absolute Gasteiger partial charge is 0.450 e. The molecule has 39 valence electrons. The van der Waals surface area contributed by atoms with Crippen molar-refractivity contribution in [2.75, 3.05) is 7.11 Å². The molecule has 6 heavy (non-hydrogen) atoms.